The molecule has 1 aliphatic rings. The number of hydrogen-bond donors (Lipinski definition) is 2. The van der Waals surface area contributed by atoms with Crippen molar-refractivity contribution in [3.05, 3.63) is 29.8 Å². The van der Waals surface area contributed by atoms with Gasteiger partial charge in [0.05, 0.1) is 12.3 Å². The summed E-state index contributed by atoms with van der Waals surface area (Å²) in [5.74, 6) is -0.444. The van der Waals surface area contributed by atoms with Gasteiger partial charge in [-0.25, -0.2) is 13.2 Å². The number of hydrogen-bond acceptors (Lipinski definition) is 7. The number of Topliss-reactive ketones (excluding diaryl/α,β-unsaturated/α-hetero) is 1. The van der Waals surface area contributed by atoms with E-state index in [4.69, 9.17) is 4.74 Å². The van der Waals surface area contributed by atoms with Gasteiger partial charge in [0.1, 0.15) is 34.3 Å². The summed E-state index contributed by atoms with van der Waals surface area (Å²) in [4.78, 5) is 36.2. The van der Waals surface area contributed by atoms with Crippen molar-refractivity contribution in [2.75, 3.05) is 25.2 Å². The van der Waals surface area contributed by atoms with Crippen LogP contribution in [-0.4, -0.2) is 73.5 Å². The van der Waals surface area contributed by atoms with Crippen molar-refractivity contribution in [1.82, 2.24) is 10.2 Å². The number of carbonyl (C=O) groups excluding carboxylic acids is 3. The Balaban J connectivity index is 1.85. The zero-order valence-corrected chi connectivity index (χ0v) is 15.9. The molecule has 1 saturated heterocycles. The molecule has 1 aliphatic heterocycles. The Morgan fingerprint density at radius 3 is 2.48 bits per heavy atom. The summed E-state index contributed by atoms with van der Waals surface area (Å²) in [6, 6.07) is 4.75. The largest absolute Gasteiger partial charge is 0.491 e. The standard InChI is InChI=1S/C17H22N2O7S/c1-11(20)12-3-5-14(6-4-12)26-10-13(21)9-19-16(22)15(18-17(19)23)7-8-27(2,24)25/h3-6,13,15,21H,7-10H2,1-2H3,(H,18,23)/t13-,15+/m0/s1. The van der Waals surface area contributed by atoms with Crippen LogP contribution in [-0.2, 0) is 14.6 Å². The number of β-amino-alcohol motifs (C(OH)–C–C–N with tert-alkyl or cyclic N) is 1. The number of nitrogens with one attached hydrogen (secondary N) is 1. The molecule has 0 aromatic heterocycles. The van der Waals surface area contributed by atoms with Gasteiger partial charge in [-0.3, -0.25) is 14.5 Å². The van der Waals surface area contributed by atoms with Crippen LogP contribution in [0.3, 0.4) is 0 Å². The Bertz CT molecular complexity index is 820. The molecule has 0 saturated carbocycles. The summed E-state index contributed by atoms with van der Waals surface area (Å²) in [5, 5.41) is 12.5. The lowest BCUT2D eigenvalue weighted by Gasteiger charge is -2.18. The van der Waals surface area contributed by atoms with E-state index in [1.54, 1.807) is 24.3 Å². The van der Waals surface area contributed by atoms with Crippen molar-refractivity contribution < 1.29 is 32.6 Å². The van der Waals surface area contributed by atoms with E-state index in [0.717, 1.165) is 11.2 Å². The van der Waals surface area contributed by atoms with Crippen LogP contribution in [0.1, 0.15) is 23.7 Å². The predicted molar refractivity (Wildman–Crippen MR) is 96.3 cm³/mol. The fourth-order valence-corrected chi connectivity index (χ4v) is 3.18. The second-order valence-corrected chi connectivity index (χ2v) is 8.67. The molecule has 0 unspecified atom stereocenters. The molecule has 0 aliphatic carbocycles. The highest BCUT2D eigenvalue weighted by atomic mass is 32.2. The van der Waals surface area contributed by atoms with E-state index in [1.165, 1.54) is 6.92 Å². The Hall–Kier alpha value is -2.46. The van der Waals surface area contributed by atoms with Gasteiger partial charge in [-0.1, -0.05) is 0 Å². The molecule has 0 spiro atoms. The summed E-state index contributed by atoms with van der Waals surface area (Å²) in [7, 11) is -3.25. The lowest BCUT2D eigenvalue weighted by Crippen LogP contribution is -2.40. The van der Waals surface area contributed by atoms with Crippen LogP contribution in [0.4, 0.5) is 4.79 Å². The van der Waals surface area contributed by atoms with Crippen LogP contribution in [0.25, 0.3) is 0 Å². The molecule has 0 radical (unpaired) electrons. The maximum Gasteiger partial charge on any atom is 0.324 e. The minimum atomic E-state index is -3.25. The van der Waals surface area contributed by atoms with E-state index >= 15 is 0 Å². The molecule has 2 atom stereocenters. The molecule has 27 heavy (non-hydrogen) atoms. The van der Waals surface area contributed by atoms with Crippen LogP contribution in [0.5, 0.6) is 5.75 Å². The van der Waals surface area contributed by atoms with E-state index in [-0.39, 0.29) is 31.1 Å². The molecule has 0 bridgehead atoms. The van der Waals surface area contributed by atoms with Gasteiger partial charge in [0.15, 0.2) is 5.78 Å². The summed E-state index contributed by atoms with van der Waals surface area (Å²) >= 11 is 0. The monoisotopic (exact) mass is 398 g/mol. The van der Waals surface area contributed by atoms with Gasteiger partial charge in [-0.15, -0.1) is 0 Å². The van der Waals surface area contributed by atoms with E-state index in [9.17, 15) is 27.9 Å². The van der Waals surface area contributed by atoms with E-state index in [0.29, 0.717) is 11.3 Å². The number of ether oxygens (including phenoxy) is 1. The van der Waals surface area contributed by atoms with Crippen LogP contribution in [0.15, 0.2) is 24.3 Å². The molecule has 1 aromatic rings. The first-order valence-electron chi connectivity index (χ1n) is 8.28. The Morgan fingerprint density at radius 1 is 1.30 bits per heavy atom. The van der Waals surface area contributed by atoms with Crippen molar-refractivity contribution in [2.45, 2.75) is 25.5 Å². The second-order valence-electron chi connectivity index (χ2n) is 6.41. The topological polar surface area (TPSA) is 130 Å². The summed E-state index contributed by atoms with van der Waals surface area (Å²) in [5.41, 5.74) is 0.530. The van der Waals surface area contributed by atoms with Gasteiger partial charge in [-0.2, -0.15) is 0 Å². The third kappa shape index (κ3) is 6.04. The normalized spacial score (nSPS) is 18.3. The van der Waals surface area contributed by atoms with E-state index in [1.807, 2.05) is 0 Å². The Labute approximate surface area is 157 Å². The zero-order chi connectivity index (χ0) is 20.2. The third-order valence-corrected chi connectivity index (χ3v) is 4.96. The average Bonchev–Trinajstić information content (AvgIpc) is 2.85. The number of nitrogens with zero attached hydrogens (tertiary/aromatic N) is 1. The van der Waals surface area contributed by atoms with Crippen molar-refractivity contribution in [2.24, 2.45) is 0 Å². The first-order chi connectivity index (χ1) is 12.6. The molecule has 148 valence electrons. The van der Waals surface area contributed by atoms with Crippen LogP contribution >= 0.6 is 0 Å². The van der Waals surface area contributed by atoms with Gasteiger partial charge in [0.25, 0.3) is 5.91 Å². The molecule has 3 amide bonds. The molecule has 2 N–H and O–H groups in total. The number of sulfone groups is 1. The quantitative estimate of drug-likeness (QED) is 0.442. The maximum atomic E-state index is 12.2. The summed E-state index contributed by atoms with van der Waals surface area (Å²) in [6.07, 6.45) is -0.0914. The van der Waals surface area contributed by atoms with Crippen molar-refractivity contribution in [3.8, 4) is 5.75 Å². The molecule has 9 nitrogen and oxygen atoms in total. The van der Waals surface area contributed by atoms with Crippen LogP contribution in [0, 0.1) is 0 Å². The van der Waals surface area contributed by atoms with E-state index in [2.05, 4.69) is 5.32 Å². The number of benzene rings is 1. The number of aliphatic hydroxyl groups is 1. The highest BCUT2D eigenvalue weighted by Gasteiger charge is 2.38. The minimum Gasteiger partial charge on any atom is -0.491 e. The van der Waals surface area contributed by atoms with Gasteiger partial charge < -0.3 is 15.2 Å². The molecular weight excluding hydrogens is 376 g/mol. The minimum absolute atomic E-state index is 0.0188. The molecular formula is C17H22N2O7S. The van der Waals surface area contributed by atoms with E-state index < -0.39 is 33.9 Å². The molecule has 1 aromatic carbocycles. The number of amides is 3. The highest BCUT2D eigenvalue weighted by molar-refractivity contribution is 7.90. The number of urea groups is 1. The number of carbonyl (C=O) groups is 3. The first-order valence-corrected chi connectivity index (χ1v) is 10.3. The van der Waals surface area contributed by atoms with Crippen LogP contribution < -0.4 is 10.1 Å². The third-order valence-electron chi connectivity index (χ3n) is 3.98. The van der Waals surface area contributed by atoms with Gasteiger partial charge >= 0.3 is 6.03 Å². The molecule has 1 fully saturated rings. The molecule has 2 rings (SSSR count). The van der Waals surface area contributed by atoms with Crippen molar-refractivity contribution >= 4 is 27.6 Å². The predicted octanol–water partition coefficient (Wildman–Crippen LogP) is -0.0160. The second kappa shape index (κ2) is 8.49. The number of ketones is 1. The number of rotatable bonds is 9. The van der Waals surface area contributed by atoms with Crippen molar-refractivity contribution in [3.63, 3.8) is 0 Å². The zero-order valence-electron chi connectivity index (χ0n) is 15.0. The van der Waals surface area contributed by atoms with Crippen molar-refractivity contribution in [1.29, 1.82) is 0 Å². The Morgan fingerprint density at radius 2 is 1.93 bits per heavy atom. The van der Waals surface area contributed by atoms with Gasteiger partial charge in [-0.05, 0) is 37.6 Å². The maximum absolute atomic E-state index is 12.2. The van der Waals surface area contributed by atoms with Crippen LogP contribution in [0.2, 0.25) is 0 Å². The number of imide groups is 1. The lowest BCUT2D eigenvalue weighted by atomic mass is 10.1. The van der Waals surface area contributed by atoms with Gasteiger partial charge in [0.2, 0.25) is 0 Å². The first kappa shape index (κ1) is 20.8. The lowest BCUT2D eigenvalue weighted by molar-refractivity contribution is -0.128. The smallest absolute Gasteiger partial charge is 0.324 e. The average molecular weight is 398 g/mol. The summed E-state index contributed by atoms with van der Waals surface area (Å²) in [6.45, 7) is 1.01. The Kier molecular flexibility index (Phi) is 6.55. The fraction of sp³-hybridized carbons (Fsp3) is 0.471. The highest BCUT2D eigenvalue weighted by Crippen LogP contribution is 2.14. The SMILES string of the molecule is CC(=O)c1ccc(OC[C@@H](O)CN2C(=O)N[C@H](CCS(C)(=O)=O)C2=O)cc1. The molecule has 10 heteroatoms. The summed E-state index contributed by atoms with van der Waals surface area (Å²) < 4.78 is 27.8. The fourth-order valence-electron chi connectivity index (χ4n) is 2.52. The van der Waals surface area contributed by atoms with Gasteiger partial charge in [0, 0.05) is 11.8 Å². The molecule has 1 heterocycles. The number of aliphatic hydroxyl groups excluding tert-OH is 1.